The van der Waals surface area contributed by atoms with Gasteiger partial charge < -0.3 is 14.8 Å². The van der Waals surface area contributed by atoms with Crippen LogP contribution in [0, 0.1) is 0 Å². The molecule has 1 aromatic heterocycles. The van der Waals surface area contributed by atoms with Crippen molar-refractivity contribution >= 4 is 11.3 Å². The fraction of sp³-hybridized carbons (Fsp3) is 0.600. The van der Waals surface area contributed by atoms with Crippen molar-refractivity contribution in [3.8, 4) is 0 Å². The van der Waals surface area contributed by atoms with Gasteiger partial charge in [-0.05, 0) is 28.8 Å². The normalized spacial score (nSPS) is 22.4. The number of rotatable bonds is 4. The Balaban J connectivity index is 1.62. The first kappa shape index (κ1) is 10.1. The molecule has 14 heavy (non-hydrogen) atoms. The van der Waals surface area contributed by atoms with Crippen LogP contribution in [0.15, 0.2) is 16.8 Å². The van der Waals surface area contributed by atoms with Crippen LogP contribution >= 0.6 is 11.3 Å². The highest BCUT2D eigenvalue weighted by Gasteiger charge is 2.12. The summed E-state index contributed by atoms with van der Waals surface area (Å²) in [6.07, 6.45) is 1.32. The van der Waals surface area contributed by atoms with E-state index in [0.717, 1.165) is 26.1 Å². The number of nitrogens with one attached hydrogen (secondary N) is 1. The van der Waals surface area contributed by atoms with Gasteiger partial charge in [0.2, 0.25) is 0 Å². The number of hydrogen-bond acceptors (Lipinski definition) is 4. The summed E-state index contributed by atoms with van der Waals surface area (Å²) in [5.74, 6) is 0. The standard InChI is InChI=1S/C10H15NO2S/c1-3-12-8-13-10(1)6-11-5-9-2-4-14-7-9/h2,4,7,10-11H,1,3,5-6,8H2. The largest absolute Gasteiger partial charge is 0.355 e. The summed E-state index contributed by atoms with van der Waals surface area (Å²) in [5, 5.41) is 7.65. The molecule has 1 fully saturated rings. The highest BCUT2D eigenvalue weighted by Crippen LogP contribution is 2.07. The van der Waals surface area contributed by atoms with Gasteiger partial charge in [-0.15, -0.1) is 0 Å². The van der Waals surface area contributed by atoms with E-state index in [1.54, 1.807) is 11.3 Å². The Morgan fingerprint density at radius 2 is 2.57 bits per heavy atom. The summed E-state index contributed by atoms with van der Waals surface area (Å²) in [7, 11) is 0. The molecule has 0 radical (unpaired) electrons. The lowest BCUT2D eigenvalue weighted by molar-refractivity contribution is -0.137. The molecule has 78 valence electrons. The fourth-order valence-electron chi connectivity index (χ4n) is 1.43. The van der Waals surface area contributed by atoms with Crippen molar-refractivity contribution in [2.45, 2.75) is 19.1 Å². The van der Waals surface area contributed by atoms with Crippen molar-refractivity contribution in [3.63, 3.8) is 0 Å². The smallest absolute Gasteiger partial charge is 0.147 e. The second-order valence-electron chi connectivity index (χ2n) is 3.37. The molecule has 0 aromatic carbocycles. The lowest BCUT2D eigenvalue weighted by Crippen LogP contribution is -2.33. The molecule has 1 aromatic rings. The molecule has 2 rings (SSSR count). The Hall–Kier alpha value is -0.420. The Kier molecular flexibility index (Phi) is 3.94. The molecule has 0 bridgehead atoms. The average Bonchev–Trinajstić information content (AvgIpc) is 2.72. The monoisotopic (exact) mass is 213 g/mol. The van der Waals surface area contributed by atoms with Crippen LogP contribution in [0.1, 0.15) is 12.0 Å². The summed E-state index contributed by atoms with van der Waals surface area (Å²) in [6, 6.07) is 2.14. The van der Waals surface area contributed by atoms with Gasteiger partial charge in [0.25, 0.3) is 0 Å². The zero-order valence-electron chi connectivity index (χ0n) is 8.07. The van der Waals surface area contributed by atoms with Gasteiger partial charge >= 0.3 is 0 Å². The molecule has 0 aliphatic carbocycles. The first-order valence-corrected chi connectivity index (χ1v) is 5.80. The Labute approximate surface area is 88.0 Å². The third-order valence-electron chi connectivity index (χ3n) is 2.25. The SMILES string of the molecule is c1cc(CNCC2CCOCO2)cs1. The van der Waals surface area contributed by atoms with E-state index in [1.807, 2.05) is 0 Å². The van der Waals surface area contributed by atoms with Crippen LogP contribution in [0.3, 0.4) is 0 Å². The second kappa shape index (κ2) is 5.46. The van der Waals surface area contributed by atoms with Gasteiger partial charge in [0, 0.05) is 13.1 Å². The Morgan fingerprint density at radius 3 is 3.29 bits per heavy atom. The van der Waals surface area contributed by atoms with Gasteiger partial charge in [0.05, 0.1) is 12.7 Å². The minimum absolute atomic E-state index is 0.322. The number of thiophene rings is 1. The Bertz CT molecular complexity index is 245. The minimum atomic E-state index is 0.322. The summed E-state index contributed by atoms with van der Waals surface area (Å²) in [6.45, 7) is 3.12. The first-order chi connectivity index (χ1) is 6.95. The van der Waals surface area contributed by atoms with Crippen molar-refractivity contribution < 1.29 is 9.47 Å². The van der Waals surface area contributed by atoms with E-state index in [-0.39, 0.29) is 0 Å². The molecule has 2 heterocycles. The summed E-state index contributed by atoms with van der Waals surface area (Å²) >= 11 is 1.73. The first-order valence-electron chi connectivity index (χ1n) is 4.86. The van der Waals surface area contributed by atoms with E-state index in [4.69, 9.17) is 9.47 Å². The summed E-state index contributed by atoms with van der Waals surface area (Å²) in [5.41, 5.74) is 1.35. The molecule has 1 N–H and O–H groups in total. The highest BCUT2D eigenvalue weighted by molar-refractivity contribution is 7.07. The molecule has 0 amide bonds. The summed E-state index contributed by atoms with van der Waals surface area (Å²) < 4.78 is 10.5. The molecule has 3 nitrogen and oxygen atoms in total. The molecule has 0 saturated carbocycles. The molecule has 4 heteroatoms. The lowest BCUT2D eigenvalue weighted by Gasteiger charge is -2.22. The van der Waals surface area contributed by atoms with Crippen LogP contribution in [-0.4, -0.2) is 26.0 Å². The van der Waals surface area contributed by atoms with Gasteiger partial charge in [0.15, 0.2) is 0 Å². The molecule has 1 unspecified atom stereocenters. The molecule has 1 aliphatic heterocycles. The van der Waals surface area contributed by atoms with Crippen molar-refractivity contribution in [1.29, 1.82) is 0 Å². The second-order valence-corrected chi connectivity index (χ2v) is 4.15. The predicted octanol–water partition coefficient (Wildman–Crippen LogP) is 1.60. The zero-order valence-corrected chi connectivity index (χ0v) is 8.89. The lowest BCUT2D eigenvalue weighted by atomic mass is 10.2. The third kappa shape index (κ3) is 3.06. The van der Waals surface area contributed by atoms with E-state index in [1.165, 1.54) is 5.56 Å². The van der Waals surface area contributed by atoms with E-state index >= 15 is 0 Å². The molecule has 1 atom stereocenters. The van der Waals surface area contributed by atoms with Crippen LogP contribution < -0.4 is 5.32 Å². The van der Waals surface area contributed by atoms with E-state index in [0.29, 0.717) is 12.9 Å². The average molecular weight is 213 g/mol. The topological polar surface area (TPSA) is 30.5 Å². The highest BCUT2D eigenvalue weighted by atomic mass is 32.1. The van der Waals surface area contributed by atoms with Crippen molar-refractivity contribution in [3.05, 3.63) is 22.4 Å². The van der Waals surface area contributed by atoms with Crippen molar-refractivity contribution in [2.24, 2.45) is 0 Å². The predicted molar refractivity (Wildman–Crippen MR) is 56.3 cm³/mol. The molecule has 0 spiro atoms. The molecule has 1 aliphatic rings. The van der Waals surface area contributed by atoms with E-state index < -0.39 is 0 Å². The van der Waals surface area contributed by atoms with E-state index in [2.05, 4.69) is 22.1 Å². The number of hydrogen-bond donors (Lipinski definition) is 1. The quantitative estimate of drug-likeness (QED) is 0.824. The van der Waals surface area contributed by atoms with Crippen molar-refractivity contribution in [1.82, 2.24) is 5.32 Å². The van der Waals surface area contributed by atoms with Gasteiger partial charge in [-0.2, -0.15) is 11.3 Å². The molecule has 1 saturated heterocycles. The summed E-state index contributed by atoms with van der Waals surface area (Å²) in [4.78, 5) is 0. The van der Waals surface area contributed by atoms with Crippen LogP contribution in [0.4, 0.5) is 0 Å². The van der Waals surface area contributed by atoms with Gasteiger partial charge in [-0.1, -0.05) is 0 Å². The van der Waals surface area contributed by atoms with Crippen LogP contribution in [0.2, 0.25) is 0 Å². The Morgan fingerprint density at radius 1 is 1.57 bits per heavy atom. The maximum absolute atomic E-state index is 5.42. The van der Waals surface area contributed by atoms with Gasteiger partial charge in [-0.3, -0.25) is 0 Å². The maximum Gasteiger partial charge on any atom is 0.147 e. The van der Waals surface area contributed by atoms with Crippen molar-refractivity contribution in [2.75, 3.05) is 19.9 Å². The molecular formula is C10H15NO2S. The molecular weight excluding hydrogens is 198 g/mol. The van der Waals surface area contributed by atoms with Gasteiger partial charge in [0.1, 0.15) is 6.79 Å². The minimum Gasteiger partial charge on any atom is -0.355 e. The number of ether oxygens (including phenoxy) is 2. The van der Waals surface area contributed by atoms with E-state index in [9.17, 15) is 0 Å². The maximum atomic E-state index is 5.42. The zero-order chi connectivity index (χ0) is 9.64. The van der Waals surface area contributed by atoms with Crippen LogP contribution in [0.25, 0.3) is 0 Å². The van der Waals surface area contributed by atoms with Crippen LogP contribution in [0.5, 0.6) is 0 Å². The van der Waals surface area contributed by atoms with Crippen LogP contribution in [-0.2, 0) is 16.0 Å². The fourth-order valence-corrected chi connectivity index (χ4v) is 2.10. The van der Waals surface area contributed by atoms with Gasteiger partial charge in [-0.25, -0.2) is 0 Å². The third-order valence-corrected chi connectivity index (χ3v) is 2.98.